The molecule has 1 saturated heterocycles. The van der Waals surface area contributed by atoms with Crippen LogP contribution in [-0.2, 0) is 6.18 Å². The van der Waals surface area contributed by atoms with Crippen molar-refractivity contribution in [2.24, 2.45) is 0 Å². The third-order valence-electron chi connectivity index (χ3n) is 2.77. The Bertz CT molecular complexity index is 390. The van der Waals surface area contributed by atoms with Crippen molar-refractivity contribution >= 4 is 36.2 Å². The number of nitrogens with two attached hydrogens (primary N) is 1. The number of hydrogen-bond acceptors (Lipinski definition) is 2. The lowest BCUT2D eigenvalue weighted by atomic mass is 10.1. The summed E-state index contributed by atoms with van der Waals surface area (Å²) in [5.41, 5.74) is 5.17. The van der Waals surface area contributed by atoms with E-state index in [-0.39, 0.29) is 36.2 Å². The summed E-state index contributed by atoms with van der Waals surface area (Å²) in [7, 11) is 0. The number of halogens is 5. The second-order valence-electron chi connectivity index (χ2n) is 3.97. The Labute approximate surface area is 116 Å². The van der Waals surface area contributed by atoms with E-state index >= 15 is 0 Å². The van der Waals surface area contributed by atoms with Crippen LogP contribution in [0.5, 0.6) is 0 Å². The number of nitrogens with zero attached hydrogens (tertiary/aromatic N) is 1. The smallest absolute Gasteiger partial charge is 0.399 e. The number of benzene rings is 1. The molecule has 0 saturated carbocycles. The minimum atomic E-state index is -4.34. The molecule has 104 valence electrons. The van der Waals surface area contributed by atoms with Gasteiger partial charge in [-0.2, -0.15) is 13.2 Å². The molecule has 0 aliphatic carbocycles. The van der Waals surface area contributed by atoms with Crippen LogP contribution in [0.1, 0.15) is 18.4 Å². The lowest BCUT2D eigenvalue weighted by Gasteiger charge is -2.22. The zero-order chi connectivity index (χ0) is 11.8. The summed E-state index contributed by atoms with van der Waals surface area (Å²) in [5.74, 6) is 0. The molecule has 1 fully saturated rings. The minimum Gasteiger partial charge on any atom is -0.399 e. The van der Waals surface area contributed by atoms with Crippen LogP contribution in [0.15, 0.2) is 18.2 Å². The largest absolute Gasteiger partial charge is 0.418 e. The number of rotatable bonds is 1. The second-order valence-corrected chi connectivity index (χ2v) is 3.97. The molecular weight excluding hydrogens is 288 g/mol. The molecule has 2 N–H and O–H groups in total. The summed E-state index contributed by atoms with van der Waals surface area (Å²) in [6.45, 7) is 1.37. The fourth-order valence-corrected chi connectivity index (χ4v) is 2.01. The Balaban J connectivity index is 0.00000144. The standard InChI is InChI=1S/C11H13F3N2.2ClH/c12-11(13,14)9-7-8(15)3-4-10(9)16-5-1-2-6-16;;/h3-4,7H,1-2,5-6,15H2;2*1H. The molecule has 2 rings (SSSR count). The van der Waals surface area contributed by atoms with Crippen molar-refractivity contribution in [3.63, 3.8) is 0 Å². The van der Waals surface area contributed by atoms with Crippen molar-refractivity contribution in [2.75, 3.05) is 23.7 Å². The maximum atomic E-state index is 12.8. The zero-order valence-corrected chi connectivity index (χ0v) is 11.2. The van der Waals surface area contributed by atoms with Crippen LogP contribution in [0.4, 0.5) is 24.5 Å². The zero-order valence-electron chi connectivity index (χ0n) is 9.54. The van der Waals surface area contributed by atoms with Crippen LogP contribution < -0.4 is 10.6 Å². The molecule has 0 atom stereocenters. The first-order chi connectivity index (χ1) is 7.48. The summed E-state index contributed by atoms with van der Waals surface area (Å²) < 4.78 is 38.4. The van der Waals surface area contributed by atoms with Crippen molar-refractivity contribution in [3.8, 4) is 0 Å². The first kappa shape index (κ1) is 17.2. The van der Waals surface area contributed by atoms with Crippen LogP contribution >= 0.6 is 24.8 Å². The third kappa shape index (κ3) is 3.59. The normalized spacial score (nSPS) is 14.9. The monoisotopic (exact) mass is 302 g/mol. The van der Waals surface area contributed by atoms with Crippen molar-refractivity contribution in [1.82, 2.24) is 0 Å². The van der Waals surface area contributed by atoms with E-state index in [0.717, 1.165) is 18.9 Å². The summed E-state index contributed by atoms with van der Waals surface area (Å²) >= 11 is 0. The second kappa shape index (κ2) is 6.38. The van der Waals surface area contributed by atoms with Gasteiger partial charge in [0, 0.05) is 24.5 Å². The number of alkyl halides is 3. The first-order valence-corrected chi connectivity index (χ1v) is 5.20. The van der Waals surface area contributed by atoms with Crippen molar-refractivity contribution < 1.29 is 13.2 Å². The van der Waals surface area contributed by atoms with Crippen molar-refractivity contribution in [3.05, 3.63) is 23.8 Å². The van der Waals surface area contributed by atoms with Gasteiger partial charge < -0.3 is 10.6 Å². The first-order valence-electron chi connectivity index (χ1n) is 5.20. The van der Waals surface area contributed by atoms with Crippen LogP contribution in [0.2, 0.25) is 0 Å². The van der Waals surface area contributed by atoms with Gasteiger partial charge in [-0.3, -0.25) is 0 Å². The molecule has 1 heterocycles. The van der Waals surface area contributed by atoms with Crippen molar-refractivity contribution in [2.45, 2.75) is 19.0 Å². The van der Waals surface area contributed by atoms with Gasteiger partial charge >= 0.3 is 6.18 Å². The van der Waals surface area contributed by atoms with Gasteiger partial charge in [-0.1, -0.05) is 0 Å². The molecule has 1 aromatic carbocycles. The van der Waals surface area contributed by atoms with E-state index in [1.54, 1.807) is 4.90 Å². The van der Waals surface area contributed by atoms with Gasteiger partial charge in [0.05, 0.1) is 5.56 Å². The Morgan fingerprint density at radius 1 is 1.06 bits per heavy atom. The highest BCUT2D eigenvalue weighted by Gasteiger charge is 2.35. The Morgan fingerprint density at radius 2 is 1.61 bits per heavy atom. The molecule has 7 heteroatoms. The van der Waals surface area contributed by atoms with Crippen molar-refractivity contribution in [1.29, 1.82) is 0 Å². The highest BCUT2D eigenvalue weighted by atomic mass is 35.5. The minimum absolute atomic E-state index is 0. The number of nitrogen functional groups attached to an aromatic ring is 1. The molecule has 0 radical (unpaired) electrons. The van der Waals surface area contributed by atoms with Gasteiger partial charge in [-0.25, -0.2) is 0 Å². The maximum Gasteiger partial charge on any atom is 0.418 e. The van der Waals surface area contributed by atoms with Gasteiger partial charge in [-0.15, -0.1) is 24.8 Å². The average Bonchev–Trinajstić information content (AvgIpc) is 2.69. The van der Waals surface area contributed by atoms with E-state index in [2.05, 4.69) is 0 Å². The van der Waals surface area contributed by atoms with E-state index in [1.807, 2.05) is 0 Å². The predicted molar refractivity (Wildman–Crippen MR) is 71.8 cm³/mol. The molecule has 1 aromatic rings. The van der Waals surface area contributed by atoms with Gasteiger partial charge in [0.15, 0.2) is 0 Å². The molecule has 0 bridgehead atoms. The van der Waals surface area contributed by atoms with Crippen LogP contribution in [0, 0.1) is 0 Å². The van der Waals surface area contributed by atoms with Gasteiger partial charge in [0.2, 0.25) is 0 Å². The van der Waals surface area contributed by atoms with Crippen LogP contribution in [-0.4, -0.2) is 13.1 Å². The van der Waals surface area contributed by atoms with Gasteiger partial charge in [0.25, 0.3) is 0 Å². The highest BCUT2D eigenvalue weighted by Crippen LogP contribution is 2.38. The lowest BCUT2D eigenvalue weighted by molar-refractivity contribution is -0.137. The molecule has 0 amide bonds. The molecular formula is C11H15Cl2F3N2. The topological polar surface area (TPSA) is 29.3 Å². The Morgan fingerprint density at radius 3 is 2.11 bits per heavy atom. The molecule has 1 aliphatic rings. The molecule has 1 aliphatic heterocycles. The molecule has 0 aromatic heterocycles. The third-order valence-corrected chi connectivity index (χ3v) is 2.77. The molecule has 0 spiro atoms. The molecule has 0 unspecified atom stereocenters. The maximum absolute atomic E-state index is 12.8. The fourth-order valence-electron chi connectivity index (χ4n) is 2.01. The van der Waals surface area contributed by atoms with E-state index in [9.17, 15) is 13.2 Å². The fraction of sp³-hybridized carbons (Fsp3) is 0.455. The summed E-state index contributed by atoms with van der Waals surface area (Å²) in [6.07, 6.45) is -2.45. The summed E-state index contributed by atoms with van der Waals surface area (Å²) in [5, 5.41) is 0. The van der Waals surface area contributed by atoms with Gasteiger partial charge in [0.1, 0.15) is 0 Å². The van der Waals surface area contributed by atoms with Gasteiger partial charge in [-0.05, 0) is 31.0 Å². The SMILES string of the molecule is Cl.Cl.Nc1ccc(N2CCCC2)c(C(F)(F)F)c1. The highest BCUT2D eigenvalue weighted by molar-refractivity contribution is 5.85. The molecule has 18 heavy (non-hydrogen) atoms. The lowest BCUT2D eigenvalue weighted by Crippen LogP contribution is -2.22. The number of hydrogen-bond donors (Lipinski definition) is 1. The van der Waals surface area contributed by atoms with Crippen LogP contribution in [0.25, 0.3) is 0 Å². The Hall–Kier alpha value is -0.810. The van der Waals surface area contributed by atoms with E-state index in [1.165, 1.54) is 12.1 Å². The quantitative estimate of drug-likeness (QED) is 0.801. The summed E-state index contributed by atoms with van der Waals surface area (Å²) in [6, 6.07) is 3.99. The summed E-state index contributed by atoms with van der Waals surface area (Å²) in [4.78, 5) is 1.77. The van der Waals surface area contributed by atoms with E-state index < -0.39 is 11.7 Å². The molecule has 2 nitrogen and oxygen atoms in total. The average molecular weight is 303 g/mol. The Kier molecular flexibility index (Phi) is 6.10. The van der Waals surface area contributed by atoms with E-state index in [0.29, 0.717) is 13.1 Å². The van der Waals surface area contributed by atoms with Crippen LogP contribution in [0.3, 0.4) is 0 Å². The van der Waals surface area contributed by atoms with E-state index in [4.69, 9.17) is 5.73 Å². The predicted octanol–water partition coefficient (Wildman–Crippen LogP) is 3.73. The number of anilines is 2.